The fourth-order valence-corrected chi connectivity index (χ4v) is 0.386. The zero-order chi connectivity index (χ0) is 8.15. The Labute approximate surface area is 59.5 Å². The van der Waals surface area contributed by atoms with Gasteiger partial charge in [-0.1, -0.05) is 6.58 Å². The van der Waals surface area contributed by atoms with Gasteiger partial charge in [0.2, 0.25) is 0 Å². The highest BCUT2D eigenvalue weighted by atomic mass is 16.4. The smallest absolute Gasteiger partial charge is 0.356 e. The lowest BCUT2D eigenvalue weighted by atomic mass is 10.4. The number of rotatable bonds is 3. The van der Waals surface area contributed by atoms with Gasteiger partial charge in [0.15, 0.2) is 5.71 Å². The van der Waals surface area contributed by atoms with E-state index in [0.717, 1.165) is 0 Å². The van der Waals surface area contributed by atoms with E-state index in [4.69, 9.17) is 5.11 Å². The number of carboxylic acid groups (broad SMARTS) is 1. The number of carbonyl (C=O) groups is 1. The molecule has 0 fully saturated rings. The lowest BCUT2D eigenvalue weighted by molar-refractivity contribution is -0.129. The second kappa shape index (κ2) is 3.66. The van der Waals surface area contributed by atoms with Crippen LogP contribution < -0.4 is 0 Å². The summed E-state index contributed by atoms with van der Waals surface area (Å²) < 4.78 is 0. The van der Waals surface area contributed by atoms with Gasteiger partial charge in [0.05, 0.1) is 0 Å². The van der Waals surface area contributed by atoms with Crippen molar-refractivity contribution in [2.24, 2.45) is 5.10 Å². The monoisotopic (exact) mass is 142 g/mol. The Morgan fingerprint density at radius 1 is 1.70 bits per heavy atom. The molecule has 0 aliphatic carbocycles. The molecule has 0 aliphatic heterocycles. The predicted molar refractivity (Wildman–Crippen MR) is 39.0 cm³/mol. The standard InChI is InChI=1S/C6H10N2O2/c1-4-5(6(9)10)7-8(2)3/h4H,1H2,2-3H3,(H,9,10)/b7-5+. The van der Waals surface area contributed by atoms with Gasteiger partial charge in [-0.05, 0) is 6.08 Å². The zero-order valence-corrected chi connectivity index (χ0v) is 6.03. The average Bonchev–Trinajstić information content (AvgIpc) is 1.81. The largest absolute Gasteiger partial charge is 0.476 e. The molecule has 0 rings (SSSR count). The van der Waals surface area contributed by atoms with E-state index in [-0.39, 0.29) is 5.71 Å². The minimum Gasteiger partial charge on any atom is -0.476 e. The molecule has 0 heterocycles. The summed E-state index contributed by atoms with van der Waals surface area (Å²) in [5, 5.41) is 13.4. The maximum absolute atomic E-state index is 10.2. The topological polar surface area (TPSA) is 52.9 Å². The van der Waals surface area contributed by atoms with E-state index in [0.29, 0.717) is 0 Å². The van der Waals surface area contributed by atoms with E-state index in [1.165, 1.54) is 11.1 Å². The fraction of sp³-hybridized carbons (Fsp3) is 0.333. The molecular formula is C6H10N2O2. The van der Waals surface area contributed by atoms with E-state index < -0.39 is 5.97 Å². The van der Waals surface area contributed by atoms with Gasteiger partial charge in [-0.2, -0.15) is 5.10 Å². The summed E-state index contributed by atoms with van der Waals surface area (Å²) in [6.07, 6.45) is 1.20. The van der Waals surface area contributed by atoms with E-state index in [1.807, 2.05) is 0 Å². The first-order chi connectivity index (χ1) is 4.57. The van der Waals surface area contributed by atoms with Crippen molar-refractivity contribution in [3.63, 3.8) is 0 Å². The number of nitrogens with zero attached hydrogens (tertiary/aromatic N) is 2. The molecular weight excluding hydrogens is 132 g/mol. The lowest BCUT2D eigenvalue weighted by Crippen LogP contribution is -2.15. The van der Waals surface area contributed by atoms with E-state index >= 15 is 0 Å². The van der Waals surface area contributed by atoms with Crippen LogP contribution in [0.1, 0.15) is 0 Å². The van der Waals surface area contributed by atoms with Crippen LogP contribution in [0.4, 0.5) is 0 Å². The van der Waals surface area contributed by atoms with Crippen LogP contribution in [-0.2, 0) is 4.79 Å². The van der Waals surface area contributed by atoms with Crippen LogP contribution in [0.2, 0.25) is 0 Å². The average molecular weight is 142 g/mol. The number of aliphatic carboxylic acids is 1. The van der Waals surface area contributed by atoms with Gasteiger partial charge < -0.3 is 10.1 Å². The highest BCUT2D eigenvalue weighted by Gasteiger charge is 2.03. The Morgan fingerprint density at radius 2 is 2.20 bits per heavy atom. The minimum absolute atomic E-state index is 0.0509. The Hall–Kier alpha value is -1.32. The molecule has 0 aromatic rings. The van der Waals surface area contributed by atoms with Crippen LogP contribution in [0.3, 0.4) is 0 Å². The summed E-state index contributed by atoms with van der Waals surface area (Å²) >= 11 is 0. The summed E-state index contributed by atoms with van der Waals surface area (Å²) in [5.41, 5.74) is -0.0509. The molecule has 0 radical (unpaired) electrons. The highest BCUT2D eigenvalue weighted by Crippen LogP contribution is 1.83. The van der Waals surface area contributed by atoms with Crippen molar-refractivity contribution < 1.29 is 9.90 Å². The Balaban J connectivity index is 4.33. The second-order valence-electron chi connectivity index (χ2n) is 1.84. The molecule has 10 heavy (non-hydrogen) atoms. The quantitative estimate of drug-likeness (QED) is 0.451. The molecule has 0 aromatic heterocycles. The molecule has 0 aliphatic rings. The van der Waals surface area contributed by atoms with Crippen LogP contribution >= 0.6 is 0 Å². The molecule has 4 heteroatoms. The maximum atomic E-state index is 10.2. The van der Waals surface area contributed by atoms with Gasteiger partial charge in [0.1, 0.15) is 0 Å². The van der Waals surface area contributed by atoms with Crippen molar-refractivity contribution in [3.05, 3.63) is 12.7 Å². The van der Waals surface area contributed by atoms with Gasteiger partial charge in [-0.15, -0.1) is 0 Å². The SMILES string of the molecule is C=C/C(=N\N(C)C)C(=O)O. The molecule has 0 spiro atoms. The molecule has 56 valence electrons. The summed E-state index contributed by atoms with van der Waals surface area (Å²) in [6, 6.07) is 0. The summed E-state index contributed by atoms with van der Waals surface area (Å²) in [7, 11) is 3.29. The van der Waals surface area contributed by atoms with E-state index in [9.17, 15) is 4.79 Å². The molecule has 4 nitrogen and oxygen atoms in total. The van der Waals surface area contributed by atoms with Crippen molar-refractivity contribution in [3.8, 4) is 0 Å². The second-order valence-corrected chi connectivity index (χ2v) is 1.84. The van der Waals surface area contributed by atoms with Crippen LogP contribution in [0.5, 0.6) is 0 Å². The van der Waals surface area contributed by atoms with E-state index in [1.54, 1.807) is 14.1 Å². The first-order valence-corrected chi connectivity index (χ1v) is 2.69. The first kappa shape index (κ1) is 8.68. The Morgan fingerprint density at radius 3 is 2.30 bits per heavy atom. The van der Waals surface area contributed by atoms with E-state index in [2.05, 4.69) is 11.7 Å². The molecule has 1 N–H and O–H groups in total. The zero-order valence-electron chi connectivity index (χ0n) is 6.03. The van der Waals surface area contributed by atoms with Crippen LogP contribution in [0.25, 0.3) is 0 Å². The van der Waals surface area contributed by atoms with Crippen LogP contribution in [-0.4, -0.2) is 35.9 Å². The third-order valence-electron chi connectivity index (χ3n) is 0.720. The highest BCUT2D eigenvalue weighted by molar-refractivity contribution is 6.40. The van der Waals surface area contributed by atoms with Crippen molar-refractivity contribution >= 4 is 11.7 Å². The van der Waals surface area contributed by atoms with Crippen LogP contribution in [0, 0.1) is 0 Å². The van der Waals surface area contributed by atoms with Crippen molar-refractivity contribution in [2.45, 2.75) is 0 Å². The van der Waals surface area contributed by atoms with Crippen molar-refractivity contribution in [1.29, 1.82) is 0 Å². The number of hydrogen-bond acceptors (Lipinski definition) is 3. The van der Waals surface area contributed by atoms with Crippen molar-refractivity contribution in [2.75, 3.05) is 14.1 Å². The van der Waals surface area contributed by atoms with Gasteiger partial charge in [-0.25, -0.2) is 4.79 Å². The van der Waals surface area contributed by atoms with Gasteiger partial charge >= 0.3 is 5.97 Å². The fourth-order valence-electron chi connectivity index (χ4n) is 0.386. The lowest BCUT2D eigenvalue weighted by Gasteiger charge is -2.03. The molecule has 0 saturated carbocycles. The molecule has 0 amide bonds. The molecule has 0 aromatic carbocycles. The number of hydrazone groups is 1. The number of hydrogen-bond donors (Lipinski definition) is 1. The Bertz CT molecular complexity index is 173. The summed E-state index contributed by atoms with van der Waals surface area (Å²) in [5.74, 6) is -1.07. The van der Waals surface area contributed by atoms with Crippen molar-refractivity contribution in [1.82, 2.24) is 5.01 Å². The summed E-state index contributed by atoms with van der Waals surface area (Å²) in [6.45, 7) is 3.30. The maximum Gasteiger partial charge on any atom is 0.356 e. The van der Waals surface area contributed by atoms with Gasteiger partial charge in [0.25, 0.3) is 0 Å². The first-order valence-electron chi connectivity index (χ1n) is 2.69. The molecule has 0 saturated heterocycles. The summed E-state index contributed by atoms with van der Waals surface area (Å²) in [4.78, 5) is 10.2. The third-order valence-corrected chi connectivity index (χ3v) is 0.720. The molecule has 0 unspecified atom stereocenters. The third kappa shape index (κ3) is 2.86. The molecule has 0 bridgehead atoms. The molecule has 0 atom stereocenters. The van der Waals surface area contributed by atoms with Gasteiger partial charge in [0, 0.05) is 14.1 Å². The van der Waals surface area contributed by atoms with Crippen LogP contribution in [0.15, 0.2) is 17.8 Å². The van der Waals surface area contributed by atoms with Gasteiger partial charge in [-0.3, -0.25) is 0 Å². The minimum atomic E-state index is -1.07. The Kier molecular flexibility index (Phi) is 3.17. The predicted octanol–water partition coefficient (Wildman–Crippen LogP) is 0.175. The normalized spacial score (nSPS) is 10.8. The number of carboxylic acids is 1.